The number of hydrogen-bond acceptors (Lipinski definition) is 7. The molecule has 14 heteroatoms. The number of hydrogen-bond donors (Lipinski definition) is 2. The molecule has 0 atom stereocenters. The molecule has 4 amide bonds. The van der Waals surface area contributed by atoms with E-state index in [4.69, 9.17) is 4.74 Å². The van der Waals surface area contributed by atoms with Crippen molar-refractivity contribution in [1.29, 1.82) is 0 Å². The van der Waals surface area contributed by atoms with Crippen molar-refractivity contribution in [2.24, 2.45) is 0 Å². The monoisotopic (exact) mass is 655 g/mol. The van der Waals surface area contributed by atoms with Crippen molar-refractivity contribution in [3.05, 3.63) is 89.5 Å². The molecular formula is C33H36F3N5O6. The topological polar surface area (TPSA) is 121 Å². The number of rotatable bonds is 7. The van der Waals surface area contributed by atoms with E-state index in [2.05, 4.69) is 20.4 Å². The van der Waals surface area contributed by atoms with Gasteiger partial charge in [-0.25, -0.2) is 9.59 Å². The predicted molar refractivity (Wildman–Crippen MR) is 168 cm³/mol. The molecule has 2 N–H and O–H groups in total. The number of urea groups is 1. The summed E-state index contributed by atoms with van der Waals surface area (Å²) in [5, 5.41) is 5.50. The van der Waals surface area contributed by atoms with Gasteiger partial charge < -0.3 is 25.1 Å². The number of para-hydroxylation sites is 1. The Morgan fingerprint density at radius 1 is 0.851 bits per heavy atom. The highest BCUT2D eigenvalue weighted by Gasteiger charge is 2.44. The first-order valence-electron chi connectivity index (χ1n) is 14.7. The molecule has 0 spiro atoms. The molecule has 0 aliphatic carbocycles. The average Bonchev–Trinajstić information content (AvgIpc) is 3.02. The first-order valence-corrected chi connectivity index (χ1v) is 14.7. The van der Waals surface area contributed by atoms with Crippen LogP contribution in [0.15, 0.2) is 72.8 Å². The maximum absolute atomic E-state index is 13.3. The van der Waals surface area contributed by atoms with E-state index in [9.17, 15) is 32.3 Å². The number of hydroxylamine groups is 1. The van der Waals surface area contributed by atoms with Crippen molar-refractivity contribution in [1.82, 2.24) is 15.1 Å². The van der Waals surface area contributed by atoms with Crippen LogP contribution in [0, 0.1) is 0 Å². The number of piperazine rings is 1. The largest absolute Gasteiger partial charge is 0.496 e. The predicted octanol–water partition coefficient (Wildman–Crippen LogP) is 5.24. The Labute approximate surface area is 270 Å². The Morgan fingerprint density at radius 2 is 1.47 bits per heavy atom. The average molecular weight is 656 g/mol. The summed E-state index contributed by atoms with van der Waals surface area (Å²) in [6.07, 6.45) is -5.35. The Hall–Kier alpha value is -5.11. The van der Waals surface area contributed by atoms with Gasteiger partial charge in [0.15, 0.2) is 0 Å². The lowest BCUT2D eigenvalue weighted by molar-refractivity contribution is -0.199. The highest BCUT2D eigenvalue weighted by Crippen LogP contribution is 2.25. The molecule has 11 nitrogen and oxygen atoms in total. The zero-order chi connectivity index (χ0) is 34.4. The SMILES string of the molecule is COc1ccc(C(=O)NC(C)(C)C)cc1CN1CCN(C(=O)c2ccc(N(OC(=O)C(F)(F)F)C(=O)Nc3ccccc3)cc2)CC1. The Balaban J connectivity index is 1.41. The first kappa shape index (κ1) is 34.8. The zero-order valence-electron chi connectivity index (χ0n) is 26.4. The number of nitrogens with zero attached hydrogens (tertiary/aromatic N) is 3. The normalized spacial score (nSPS) is 13.8. The number of methoxy groups -OCH3 is 1. The molecular weight excluding hydrogens is 619 g/mol. The summed E-state index contributed by atoms with van der Waals surface area (Å²) < 4.78 is 44.4. The highest BCUT2D eigenvalue weighted by atomic mass is 19.4. The summed E-state index contributed by atoms with van der Waals surface area (Å²) in [5.41, 5.74) is 1.23. The van der Waals surface area contributed by atoms with Crippen molar-refractivity contribution < 1.29 is 41.9 Å². The van der Waals surface area contributed by atoms with E-state index in [-0.39, 0.29) is 33.8 Å². The number of carbonyl (C=O) groups excluding carboxylic acids is 4. The molecule has 3 aromatic rings. The van der Waals surface area contributed by atoms with Crippen LogP contribution in [-0.4, -0.2) is 78.6 Å². The third-order valence-electron chi connectivity index (χ3n) is 7.05. The van der Waals surface area contributed by atoms with Gasteiger partial charge in [-0.3, -0.25) is 14.5 Å². The molecule has 1 saturated heterocycles. The van der Waals surface area contributed by atoms with Gasteiger partial charge in [0.2, 0.25) is 0 Å². The van der Waals surface area contributed by atoms with Crippen LogP contribution in [0.5, 0.6) is 5.75 Å². The summed E-state index contributed by atoms with van der Waals surface area (Å²) in [5.74, 6) is -2.46. The van der Waals surface area contributed by atoms with E-state index in [1.807, 2.05) is 20.8 Å². The van der Waals surface area contributed by atoms with Crippen LogP contribution in [-0.2, 0) is 16.2 Å². The molecule has 0 saturated carbocycles. The number of ether oxygens (including phenoxy) is 1. The van der Waals surface area contributed by atoms with Crippen LogP contribution >= 0.6 is 0 Å². The fraction of sp³-hybridized carbons (Fsp3) is 0.333. The Kier molecular flexibility index (Phi) is 10.8. The fourth-order valence-electron chi connectivity index (χ4n) is 4.77. The lowest BCUT2D eigenvalue weighted by Crippen LogP contribution is -2.48. The van der Waals surface area contributed by atoms with Crippen LogP contribution in [0.2, 0.25) is 0 Å². The highest BCUT2D eigenvalue weighted by molar-refractivity contribution is 6.02. The van der Waals surface area contributed by atoms with Gasteiger partial charge in [0, 0.05) is 60.6 Å². The van der Waals surface area contributed by atoms with E-state index in [0.717, 1.165) is 5.56 Å². The smallest absolute Gasteiger partial charge is 0.493 e. The number of carbonyl (C=O) groups is 4. The summed E-state index contributed by atoms with van der Waals surface area (Å²) in [4.78, 5) is 58.6. The second kappa shape index (κ2) is 14.5. The quantitative estimate of drug-likeness (QED) is 0.334. The lowest BCUT2D eigenvalue weighted by atomic mass is 10.0. The van der Waals surface area contributed by atoms with Crippen LogP contribution < -0.4 is 20.4 Å². The van der Waals surface area contributed by atoms with E-state index in [0.29, 0.717) is 44.0 Å². The van der Waals surface area contributed by atoms with E-state index in [1.54, 1.807) is 48.4 Å². The van der Waals surface area contributed by atoms with Crippen LogP contribution in [0.1, 0.15) is 47.1 Å². The minimum absolute atomic E-state index is 0.186. The fourth-order valence-corrected chi connectivity index (χ4v) is 4.77. The molecule has 1 aliphatic rings. The number of benzene rings is 3. The molecule has 4 rings (SSSR count). The minimum atomic E-state index is -5.35. The molecule has 0 bridgehead atoms. The van der Waals surface area contributed by atoms with E-state index >= 15 is 0 Å². The molecule has 250 valence electrons. The standard InChI is InChI=1S/C33H36F3N5O6/c1-32(2,3)38-28(42)23-12-15-27(46-4)24(20-23)21-39-16-18-40(19-17-39)29(43)22-10-13-26(14-11-22)41(47-30(44)33(34,35)36)31(45)37-25-8-6-5-7-9-25/h5-15,20H,16-19,21H2,1-4H3,(H,37,45)(H,38,42). The van der Waals surface area contributed by atoms with Crippen LogP contribution in [0.4, 0.5) is 29.3 Å². The first-order chi connectivity index (χ1) is 22.1. The van der Waals surface area contributed by atoms with E-state index in [1.165, 1.54) is 36.4 Å². The molecule has 0 unspecified atom stereocenters. The van der Waals surface area contributed by atoms with Crippen molar-refractivity contribution in [2.45, 2.75) is 39.0 Å². The van der Waals surface area contributed by atoms with Gasteiger partial charge in [-0.05, 0) is 75.4 Å². The molecule has 1 fully saturated rings. The Morgan fingerprint density at radius 3 is 2.04 bits per heavy atom. The third-order valence-corrected chi connectivity index (χ3v) is 7.05. The van der Waals surface area contributed by atoms with E-state index < -0.39 is 23.7 Å². The number of amides is 4. The third kappa shape index (κ3) is 9.45. The van der Waals surface area contributed by atoms with Crippen LogP contribution in [0.3, 0.4) is 0 Å². The summed E-state index contributed by atoms with van der Waals surface area (Å²) in [6, 6.07) is 17.1. The number of alkyl halides is 3. The molecule has 47 heavy (non-hydrogen) atoms. The summed E-state index contributed by atoms with van der Waals surface area (Å²) in [6.45, 7) is 8.05. The van der Waals surface area contributed by atoms with Gasteiger partial charge in [0.05, 0.1) is 12.8 Å². The zero-order valence-corrected chi connectivity index (χ0v) is 26.4. The van der Waals surface area contributed by atoms with Crippen molar-refractivity contribution in [3.8, 4) is 5.75 Å². The van der Waals surface area contributed by atoms with Gasteiger partial charge in [0.1, 0.15) is 5.75 Å². The Bertz CT molecular complexity index is 1580. The van der Waals surface area contributed by atoms with Gasteiger partial charge in [-0.1, -0.05) is 18.2 Å². The maximum atomic E-state index is 13.3. The molecule has 0 aromatic heterocycles. The maximum Gasteiger partial charge on any atom is 0.493 e. The van der Waals surface area contributed by atoms with Gasteiger partial charge >= 0.3 is 18.2 Å². The number of anilines is 2. The molecule has 1 aliphatic heterocycles. The molecule has 0 radical (unpaired) electrons. The second-order valence-electron chi connectivity index (χ2n) is 11.8. The van der Waals surface area contributed by atoms with Crippen molar-refractivity contribution in [3.63, 3.8) is 0 Å². The van der Waals surface area contributed by atoms with Crippen LogP contribution in [0.25, 0.3) is 0 Å². The summed E-state index contributed by atoms with van der Waals surface area (Å²) >= 11 is 0. The lowest BCUT2D eigenvalue weighted by Gasteiger charge is -2.35. The number of halogens is 3. The van der Waals surface area contributed by atoms with Gasteiger partial charge in [-0.15, -0.1) is 5.06 Å². The summed E-state index contributed by atoms with van der Waals surface area (Å²) in [7, 11) is 1.56. The van der Waals surface area contributed by atoms with Gasteiger partial charge in [0.25, 0.3) is 11.8 Å². The van der Waals surface area contributed by atoms with Gasteiger partial charge in [-0.2, -0.15) is 13.2 Å². The van der Waals surface area contributed by atoms with Crippen molar-refractivity contribution in [2.75, 3.05) is 43.7 Å². The minimum Gasteiger partial charge on any atom is -0.496 e. The number of nitrogens with one attached hydrogen (secondary N) is 2. The van der Waals surface area contributed by atoms with Crippen molar-refractivity contribution >= 4 is 35.2 Å². The molecule has 3 aromatic carbocycles. The molecule has 1 heterocycles. The second-order valence-corrected chi connectivity index (χ2v) is 11.8.